The van der Waals surface area contributed by atoms with Crippen molar-refractivity contribution in [3.63, 3.8) is 0 Å². The van der Waals surface area contributed by atoms with E-state index in [1.807, 2.05) is 47.7 Å². The van der Waals surface area contributed by atoms with Crippen LogP contribution in [0.15, 0.2) is 29.4 Å². The van der Waals surface area contributed by atoms with Gasteiger partial charge in [-0.1, -0.05) is 36.4 Å². The Labute approximate surface area is 158 Å². The summed E-state index contributed by atoms with van der Waals surface area (Å²) < 4.78 is 7.66. The Morgan fingerprint density at radius 2 is 2.08 bits per heavy atom. The van der Waals surface area contributed by atoms with Crippen molar-refractivity contribution in [2.75, 3.05) is 18.8 Å². The van der Waals surface area contributed by atoms with Gasteiger partial charge in [0.15, 0.2) is 11.0 Å². The predicted molar refractivity (Wildman–Crippen MR) is 102 cm³/mol. The summed E-state index contributed by atoms with van der Waals surface area (Å²) in [5.74, 6) is 2.73. The molecule has 0 unspecified atom stereocenters. The number of piperidine rings is 1. The minimum Gasteiger partial charge on any atom is -0.486 e. The molecule has 6 nitrogen and oxygen atoms in total. The van der Waals surface area contributed by atoms with Crippen molar-refractivity contribution in [3.8, 4) is 5.75 Å². The average molecular weight is 375 g/mol. The molecule has 1 aromatic carbocycles. The van der Waals surface area contributed by atoms with Crippen LogP contribution in [0.1, 0.15) is 31.2 Å². The SMILES string of the molecule is Cc1ccc(OCc2nnc(SCC(=O)N3CCC[C@@H](C)C3)n2C)cc1. The highest BCUT2D eigenvalue weighted by Gasteiger charge is 2.21. The van der Waals surface area contributed by atoms with Gasteiger partial charge >= 0.3 is 0 Å². The Bertz CT molecular complexity index is 744. The second-order valence-corrected chi connectivity index (χ2v) is 7.88. The molecule has 0 saturated carbocycles. The van der Waals surface area contributed by atoms with E-state index in [1.165, 1.54) is 23.7 Å². The normalized spacial score (nSPS) is 17.3. The number of hydrogen-bond acceptors (Lipinski definition) is 5. The van der Waals surface area contributed by atoms with Crippen molar-refractivity contribution in [1.29, 1.82) is 0 Å². The Hall–Kier alpha value is -2.02. The number of likely N-dealkylation sites (tertiary alicyclic amines) is 1. The molecule has 26 heavy (non-hydrogen) atoms. The minimum absolute atomic E-state index is 0.182. The number of thioether (sulfide) groups is 1. The van der Waals surface area contributed by atoms with Crippen molar-refractivity contribution >= 4 is 17.7 Å². The molecule has 1 aromatic heterocycles. The fourth-order valence-corrected chi connectivity index (χ4v) is 3.85. The van der Waals surface area contributed by atoms with E-state index in [1.54, 1.807) is 0 Å². The molecule has 2 heterocycles. The number of rotatable bonds is 6. The first-order chi connectivity index (χ1) is 12.5. The summed E-state index contributed by atoms with van der Waals surface area (Å²) in [4.78, 5) is 14.4. The van der Waals surface area contributed by atoms with Gasteiger partial charge in [-0.2, -0.15) is 0 Å². The van der Waals surface area contributed by atoms with Crippen molar-refractivity contribution in [2.24, 2.45) is 13.0 Å². The van der Waals surface area contributed by atoms with Gasteiger partial charge < -0.3 is 14.2 Å². The van der Waals surface area contributed by atoms with Crippen molar-refractivity contribution in [1.82, 2.24) is 19.7 Å². The van der Waals surface area contributed by atoms with Gasteiger partial charge in [0, 0.05) is 20.1 Å². The third-order valence-corrected chi connectivity index (χ3v) is 5.65. The molecule has 1 atom stereocenters. The molecular weight excluding hydrogens is 348 g/mol. The molecule has 7 heteroatoms. The standard InChI is InChI=1S/C19H26N4O2S/c1-14-6-8-16(9-7-14)25-12-17-20-21-19(22(17)3)26-13-18(24)23-10-4-5-15(2)11-23/h6-9,15H,4-5,10-13H2,1-3H3/t15-/m1/s1. The van der Waals surface area contributed by atoms with Crippen LogP contribution < -0.4 is 4.74 Å². The molecule has 2 aromatic rings. The summed E-state index contributed by atoms with van der Waals surface area (Å²) in [5, 5.41) is 9.13. The number of hydrogen-bond donors (Lipinski definition) is 0. The summed E-state index contributed by atoms with van der Waals surface area (Å²) in [5.41, 5.74) is 1.20. The predicted octanol–water partition coefficient (Wildman–Crippen LogP) is 3.05. The minimum atomic E-state index is 0.182. The zero-order valence-electron chi connectivity index (χ0n) is 15.6. The van der Waals surface area contributed by atoms with Gasteiger partial charge in [0.05, 0.1) is 5.75 Å². The number of benzene rings is 1. The number of nitrogens with zero attached hydrogens (tertiary/aromatic N) is 4. The summed E-state index contributed by atoms with van der Waals surface area (Å²) in [6, 6.07) is 7.92. The van der Waals surface area contributed by atoms with E-state index in [0.29, 0.717) is 18.3 Å². The van der Waals surface area contributed by atoms with E-state index >= 15 is 0 Å². The first-order valence-corrected chi connectivity index (χ1v) is 10.00. The van der Waals surface area contributed by atoms with Gasteiger partial charge in [0.2, 0.25) is 5.91 Å². The van der Waals surface area contributed by atoms with E-state index in [9.17, 15) is 4.79 Å². The Morgan fingerprint density at radius 3 is 2.81 bits per heavy atom. The number of ether oxygens (including phenoxy) is 1. The van der Waals surface area contributed by atoms with Crippen molar-refractivity contribution < 1.29 is 9.53 Å². The van der Waals surface area contributed by atoms with E-state index in [0.717, 1.165) is 36.2 Å². The molecule has 140 valence electrons. The van der Waals surface area contributed by atoms with E-state index in [2.05, 4.69) is 17.1 Å². The zero-order chi connectivity index (χ0) is 18.5. The van der Waals surface area contributed by atoms with Crippen LogP contribution in [0, 0.1) is 12.8 Å². The lowest BCUT2D eigenvalue weighted by molar-refractivity contribution is -0.130. The van der Waals surface area contributed by atoms with Crippen LogP contribution >= 0.6 is 11.8 Å². The largest absolute Gasteiger partial charge is 0.486 e. The zero-order valence-corrected chi connectivity index (χ0v) is 16.5. The Balaban J connectivity index is 1.51. The lowest BCUT2D eigenvalue weighted by Crippen LogP contribution is -2.40. The third kappa shape index (κ3) is 4.78. The molecular formula is C19H26N4O2S. The molecule has 0 aliphatic carbocycles. The highest BCUT2D eigenvalue weighted by molar-refractivity contribution is 7.99. The molecule has 1 fully saturated rings. The third-order valence-electron chi connectivity index (χ3n) is 4.65. The molecule has 0 N–H and O–H groups in total. The topological polar surface area (TPSA) is 60.3 Å². The molecule has 1 saturated heterocycles. The van der Waals surface area contributed by atoms with Crippen molar-refractivity contribution in [3.05, 3.63) is 35.7 Å². The van der Waals surface area contributed by atoms with Crippen LogP contribution in [0.5, 0.6) is 5.75 Å². The Kier molecular flexibility index (Phi) is 6.19. The fourth-order valence-electron chi connectivity index (χ4n) is 3.01. The molecule has 0 radical (unpaired) electrons. The number of carbonyl (C=O) groups is 1. The monoisotopic (exact) mass is 374 g/mol. The van der Waals surface area contributed by atoms with Gasteiger partial charge in [-0.25, -0.2) is 0 Å². The highest BCUT2D eigenvalue weighted by Crippen LogP contribution is 2.20. The van der Waals surface area contributed by atoms with Crippen LogP contribution in [0.3, 0.4) is 0 Å². The Morgan fingerprint density at radius 1 is 1.31 bits per heavy atom. The molecule has 1 amide bonds. The fraction of sp³-hybridized carbons (Fsp3) is 0.526. The molecule has 1 aliphatic rings. The second-order valence-electron chi connectivity index (χ2n) is 6.94. The van der Waals surface area contributed by atoms with Crippen LogP contribution in [0.25, 0.3) is 0 Å². The quantitative estimate of drug-likeness (QED) is 0.727. The highest BCUT2D eigenvalue weighted by atomic mass is 32.2. The number of amides is 1. The molecule has 3 rings (SSSR count). The molecule has 1 aliphatic heterocycles. The van der Waals surface area contributed by atoms with Crippen molar-refractivity contribution in [2.45, 2.75) is 38.5 Å². The maximum Gasteiger partial charge on any atom is 0.233 e. The van der Waals surface area contributed by atoms with E-state index in [-0.39, 0.29) is 5.91 Å². The number of aryl methyl sites for hydroxylation is 1. The molecule has 0 spiro atoms. The van der Waals surface area contributed by atoms with Gasteiger partial charge in [-0.15, -0.1) is 10.2 Å². The van der Waals surface area contributed by atoms with E-state index < -0.39 is 0 Å². The summed E-state index contributed by atoms with van der Waals surface area (Å²) in [7, 11) is 1.91. The van der Waals surface area contributed by atoms with Gasteiger partial charge in [-0.3, -0.25) is 4.79 Å². The van der Waals surface area contributed by atoms with Crippen LogP contribution in [0.2, 0.25) is 0 Å². The van der Waals surface area contributed by atoms with Crippen LogP contribution in [0.4, 0.5) is 0 Å². The summed E-state index contributed by atoms with van der Waals surface area (Å²) >= 11 is 1.44. The number of aromatic nitrogens is 3. The maximum atomic E-state index is 12.4. The van der Waals surface area contributed by atoms with Gasteiger partial charge in [0.1, 0.15) is 12.4 Å². The van der Waals surface area contributed by atoms with Gasteiger partial charge in [-0.05, 0) is 37.8 Å². The first-order valence-electron chi connectivity index (χ1n) is 9.01. The first kappa shape index (κ1) is 18.8. The lowest BCUT2D eigenvalue weighted by atomic mass is 10.0. The van der Waals surface area contributed by atoms with Crippen LogP contribution in [-0.4, -0.2) is 44.4 Å². The molecule has 0 bridgehead atoms. The van der Waals surface area contributed by atoms with E-state index in [4.69, 9.17) is 4.74 Å². The summed E-state index contributed by atoms with van der Waals surface area (Å²) in [6.45, 7) is 6.34. The smallest absolute Gasteiger partial charge is 0.233 e. The second kappa shape index (κ2) is 8.58. The average Bonchev–Trinajstić information content (AvgIpc) is 2.99. The van der Waals surface area contributed by atoms with Gasteiger partial charge in [0.25, 0.3) is 0 Å². The maximum absolute atomic E-state index is 12.4. The van der Waals surface area contributed by atoms with Crippen LogP contribution in [-0.2, 0) is 18.4 Å². The number of carbonyl (C=O) groups excluding carboxylic acids is 1. The lowest BCUT2D eigenvalue weighted by Gasteiger charge is -2.30. The summed E-state index contributed by atoms with van der Waals surface area (Å²) in [6.07, 6.45) is 2.31.